The molecule has 2 heterocycles. The number of carbonyl (C=O) groups is 3. The van der Waals surface area contributed by atoms with E-state index in [0.29, 0.717) is 43.8 Å². The van der Waals surface area contributed by atoms with E-state index in [2.05, 4.69) is 25.6 Å². The molecule has 9 nitrogen and oxygen atoms in total. The number of imidazole rings is 1. The molecule has 0 saturated heterocycles. The van der Waals surface area contributed by atoms with Gasteiger partial charge in [-0.05, 0) is 42.8 Å². The predicted molar refractivity (Wildman–Crippen MR) is 140 cm³/mol. The van der Waals surface area contributed by atoms with Crippen molar-refractivity contribution in [1.29, 1.82) is 0 Å². The van der Waals surface area contributed by atoms with Crippen LogP contribution in [-0.2, 0) is 14.3 Å². The van der Waals surface area contributed by atoms with Gasteiger partial charge in [-0.2, -0.15) is 0 Å². The minimum atomic E-state index is -0.572. The van der Waals surface area contributed by atoms with Gasteiger partial charge in [0.25, 0.3) is 0 Å². The van der Waals surface area contributed by atoms with E-state index < -0.39 is 11.9 Å². The van der Waals surface area contributed by atoms with Crippen LogP contribution in [0, 0.1) is 0 Å². The molecule has 0 aliphatic heterocycles. The molecule has 0 fully saturated rings. The second-order valence-electron chi connectivity index (χ2n) is 7.67. The number of anilines is 2. The van der Waals surface area contributed by atoms with Crippen molar-refractivity contribution in [3.8, 4) is 11.3 Å². The van der Waals surface area contributed by atoms with E-state index in [1.54, 1.807) is 49.5 Å². The summed E-state index contributed by atoms with van der Waals surface area (Å²) in [5.41, 5.74) is 3.22. The number of H-pyrrole nitrogens is 2. The average Bonchev–Trinajstić information content (AvgIpc) is 3.42. The Hall–Kier alpha value is -4.08. The molecule has 0 atom stereocenters. The van der Waals surface area contributed by atoms with Gasteiger partial charge in [0.2, 0.25) is 17.8 Å². The Morgan fingerprint density at radius 3 is 2.53 bits per heavy atom. The van der Waals surface area contributed by atoms with E-state index >= 15 is 0 Å². The van der Waals surface area contributed by atoms with Gasteiger partial charge in [0.15, 0.2) is 0 Å². The van der Waals surface area contributed by atoms with E-state index in [1.165, 1.54) is 19.1 Å². The minimum absolute atomic E-state index is 0.169. The number of nitrogens with zero attached hydrogens (tertiary/aromatic N) is 1. The molecule has 11 heteroatoms. The first kappa shape index (κ1) is 25.0. The smallest absolute Gasteiger partial charge is 0.355 e. The Morgan fingerprint density at radius 2 is 1.83 bits per heavy atom. The Bertz CT molecular complexity index is 1490. The lowest BCUT2D eigenvalue weighted by Gasteiger charge is -2.04. The lowest BCUT2D eigenvalue weighted by molar-refractivity contribution is -0.114. The van der Waals surface area contributed by atoms with Crippen molar-refractivity contribution >= 4 is 69.6 Å². The number of halogens is 2. The number of ether oxygens (including phenoxy) is 1. The highest BCUT2D eigenvalue weighted by Gasteiger charge is 2.20. The maximum Gasteiger partial charge on any atom is 0.355 e. The minimum Gasteiger partial charge on any atom is -0.461 e. The molecule has 4 rings (SSSR count). The first-order valence-electron chi connectivity index (χ1n) is 10.8. The molecule has 0 saturated carbocycles. The van der Waals surface area contributed by atoms with Crippen LogP contribution in [0.5, 0.6) is 0 Å². The van der Waals surface area contributed by atoms with Gasteiger partial charge in [0.05, 0.1) is 23.5 Å². The highest BCUT2D eigenvalue weighted by Crippen LogP contribution is 2.33. The van der Waals surface area contributed by atoms with Crippen LogP contribution in [0.3, 0.4) is 0 Å². The lowest BCUT2D eigenvalue weighted by Crippen LogP contribution is -2.08. The molecule has 0 radical (unpaired) electrons. The topological polar surface area (TPSA) is 129 Å². The summed E-state index contributed by atoms with van der Waals surface area (Å²) in [7, 11) is 0. The number of hydrogen-bond acceptors (Lipinski definition) is 5. The highest BCUT2D eigenvalue weighted by atomic mass is 35.5. The summed E-state index contributed by atoms with van der Waals surface area (Å²) in [6.07, 6.45) is 4.41. The van der Waals surface area contributed by atoms with Crippen molar-refractivity contribution in [2.75, 3.05) is 17.2 Å². The molecule has 2 amide bonds. The van der Waals surface area contributed by atoms with Crippen LogP contribution in [0.25, 0.3) is 28.2 Å². The molecular weight excluding hydrogens is 505 g/mol. The maximum absolute atomic E-state index is 12.6. The zero-order valence-electron chi connectivity index (χ0n) is 19.2. The average molecular weight is 526 g/mol. The second kappa shape index (κ2) is 10.7. The van der Waals surface area contributed by atoms with E-state index in [9.17, 15) is 14.4 Å². The van der Waals surface area contributed by atoms with Crippen molar-refractivity contribution < 1.29 is 19.1 Å². The van der Waals surface area contributed by atoms with Crippen LogP contribution in [0.4, 0.5) is 11.6 Å². The van der Waals surface area contributed by atoms with Gasteiger partial charge in [-0.25, -0.2) is 9.78 Å². The molecule has 4 aromatic rings. The summed E-state index contributed by atoms with van der Waals surface area (Å²) < 4.78 is 5.13. The number of amides is 2. The van der Waals surface area contributed by atoms with Gasteiger partial charge in [0, 0.05) is 40.2 Å². The molecule has 0 bridgehead atoms. The first-order valence-corrected chi connectivity index (χ1v) is 11.6. The number of aromatic nitrogens is 3. The van der Waals surface area contributed by atoms with Gasteiger partial charge in [-0.15, -0.1) is 0 Å². The van der Waals surface area contributed by atoms with Crippen molar-refractivity contribution in [3.63, 3.8) is 0 Å². The zero-order valence-corrected chi connectivity index (χ0v) is 20.8. The standard InChI is InChI=1S/C25H21Cl2N5O4/c1-3-36-24(35)23-17(22-18(27)10-15(26)11-19(22)31-23)8-9-21(34)30-16-6-4-14(5-7-16)20-12-28-25(32-20)29-13(2)33/h4-12,31H,3H2,1-2H3,(H,30,34)(H2,28,29,32,33)/b9-8+. The fraction of sp³-hybridized carbons (Fsp3) is 0.120. The number of hydrogen-bond donors (Lipinski definition) is 4. The van der Waals surface area contributed by atoms with Crippen LogP contribution in [0.15, 0.2) is 48.7 Å². The summed E-state index contributed by atoms with van der Waals surface area (Å²) in [6, 6.07) is 10.3. The van der Waals surface area contributed by atoms with E-state index in [0.717, 1.165) is 5.56 Å². The highest BCUT2D eigenvalue weighted by molar-refractivity contribution is 6.39. The molecule has 0 aliphatic rings. The van der Waals surface area contributed by atoms with Crippen LogP contribution in [0.2, 0.25) is 10.0 Å². The van der Waals surface area contributed by atoms with Gasteiger partial charge >= 0.3 is 5.97 Å². The van der Waals surface area contributed by atoms with Crippen LogP contribution >= 0.6 is 23.2 Å². The number of benzene rings is 2. The normalized spacial score (nSPS) is 11.1. The molecule has 36 heavy (non-hydrogen) atoms. The van der Waals surface area contributed by atoms with Gasteiger partial charge in [-0.1, -0.05) is 35.3 Å². The third-order valence-electron chi connectivity index (χ3n) is 5.07. The summed E-state index contributed by atoms with van der Waals surface area (Å²) in [5.74, 6) is -0.861. The zero-order chi connectivity index (χ0) is 25.8. The van der Waals surface area contributed by atoms with E-state index in [1.807, 2.05) is 0 Å². The molecule has 4 N–H and O–H groups in total. The summed E-state index contributed by atoms with van der Waals surface area (Å²) >= 11 is 12.5. The van der Waals surface area contributed by atoms with Crippen molar-refractivity contribution in [1.82, 2.24) is 15.0 Å². The van der Waals surface area contributed by atoms with E-state index in [-0.39, 0.29) is 18.2 Å². The number of rotatable bonds is 7. The van der Waals surface area contributed by atoms with E-state index in [4.69, 9.17) is 27.9 Å². The molecule has 0 aliphatic carbocycles. The third kappa shape index (κ3) is 5.59. The fourth-order valence-electron chi connectivity index (χ4n) is 3.58. The van der Waals surface area contributed by atoms with Crippen molar-refractivity contribution in [2.24, 2.45) is 0 Å². The van der Waals surface area contributed by atoms with Crippen molar-refractivity contribution in [3.05, 3.63) is 70.0 Å². The number of aromatic amines is 2. The molecule has 2 aromatic heterocycles. The molecular formula is C25H21Cl2N5O4. The quantitative estimate of drug-likeness (QED) is 0.183. The largest absolute Gasteiger partial charge is 0.461 e. The monoisotopic (exact) mass is 525 g/mol. The van der Waals surface area contributed by atoms with Gasteiger partial charge in [-0.3, -0.25) is 14.9 Å². The number of carbonyl (C=O) groups excluding carboxylic acids is 3. The van der Waals surface area contributed by atoms with Crippen LogP contribution in [0.1, 0.15) is 29.9 Å². The lowest BCUT2D eigenvalue weighted by atomic mass is 10.1. The summed E-state index contributed by atoms with van der Waals surface area (Å²) in [5, 5.41) is 6.64. The predicted octanol–water partition coefficient (Wildman–Crippen LogP) is 5.65. The number of esters is 1. The maximum atomic E-state index is 12.6. The Balaban J connectivity index is 1.53. The second-order valence-corrected chi connectivity index (χ2v) is 8.51. The molecule has 2 aromatic carbocycles. The van der Waals surface area contributed by atoms with Crippen molar-refractivity contribution in [2.45, 2.75) is 13.8 Å². The molecule has 184 valence electrons. The summed E-state index contributed by atoms with van der Waals surface area (Å²) in [4.78, 5) is 46.3. The SMILES string of the molecule is CCOC(=O)c1[nH]c2cc(Cl)cc(Cl)c2c1/C=C/C(=O)Nc1ccc(-c2cnc(NC(C)=O)[nH]2)cc1. The third-order valence-corrected chi connectivity index (χ3v) is 5.58. The van der Waals surface area contributed by atoms with Gasteiger partial charge < -0.3 is 20.0 Å². The van der Waals surface area contributed by atoms with Crippen LogP contribution < -0.4 is 10.6 Å². The number of fused-ring (bicyclic) bond motifs is 1. The number of nitrogens with one attached hydrogen (secondary N) is 4. The molecule has 0 unspecified atom stereocenters. The Morgan fingerprint density at radius 1 is 1.08 bits per heavy atom. The summed E-state index contributed by atoms with van der Waals surface area (Å²) in [6.45, 7) is 3.29. The fourth-order valence-corrected chi connectivity index (χ4v) is 4.17. The Labute approximate surface area is 215 Å². The van der Waals surface area contributed by atoms with Crippen LogP contribution in [-0.4, -0.2) is 39.3 Å². The first-order chi connectivity index (χ1) is 17.2. The molecule has 0 spiro atoms. The van der Waals surface area contributed by atoms with Gasteiger partial charge in [0.1, 0.15) is 5.69 Å². The Kier molecular flexibility index (Phi) is 7.42.